The summed E-state index contributed by atoms with van der Waals surface area (Å²) in [6.07, 6.45) is -0.653. The van der Waals surface area contributed by atoms with Gasteiger partial charge in [0.25, 0.3) is 0 Å². The number of carboxylic acid groups (broad SMARTS) is 3. The van der Waals surface area contributed by atoms with E-state index in [4.69, 9.17) is 4.74 Å². The van der Waals surface area contributed by atoms with Gasteiger partial charge in [0.1, 0.15) is 5.60 Å². The van der Waals surface area contributed by atoms with E-state index in [0.717, 1.165) is 0 Å². The fraction of sp³-hybridized carbons (Fsp3) is 0.647. The maximum atomic E-state index is 12.1. The van der Waals surface area contributed by atoms with Crippen LogP contribution in [-0.2, 0) is 23.9 Å². The smallest absolute Gasteiger partial charge is 0.333 e. The molecule has 4 saturated carbocycles. The zero-order valence-corrected chi connectivity index (χ0v) is 13.8. The highest BCUT2D eigenvalue weighted by atomic mass is 16.6. The molecule has 4 aliphatic rings. The van der Waals surface area contributed by atoms with Crippen LogP contribution in [0.1, 0.15) is 45.4 Å². The number of carboxylic acids is 3. The number of hydrogen-bond acceptors (Lipinski definition) is 5. The lowest BCUT2D eigenvalue weighted by atomic mass is 9.38. The third-order valence-electron chi connectivity index (χ3n) is 6.03. The Morgan fingerprint density at radius 2 is 1.08 bits per heavy atom. The van der Waals surface area contributed by atoms with E-state index < -0.39 is 45.7 Å². The summed E-state index contributed by atoms with van der Waals surface area (Å²) in [6.45, 7) is 4.91. The van der Waals surface area contributed by atoms with Crippen LogP contribution in [0.4, 0.5) is 0 Å². The van der Waals surface area contributed by atoms with E-state index >= 15 is 0 Å². The molecule has 0 aromatic heterocycles. The van der Waals surface area contributed by atoms with Crippen LogP contribution in [0.5, 0.6) is 0 Å². The molecular formula is C17H20O8. The van der Waals surface area contributed by atoms with Crippen molar-refractivity contribution in [1.82, 2.24) is 0 Å². The average molecular weight is 352 g/mol. The van der Waals surface area contributed by atoms with Gasteiger partial charge in [-0.1, -0.05) is 6.58 Å². The fourth-order valence-corrected chi connectivity index (χ4v) is 5.62. The van der Waals surface area contributed by atoms with Crippen LogP contribution < -0.4 is 0 Å². The first-order valence-electron chi connectivity index (χ1n) is 7.99. The predicted molar refractivity (Wildman–Crippen MR) is 81.5 cm³/mol. The van der Waals surface area contributed by atoms with Crippen molar-refractivity contribution >= 4 is 23.9 Å². The first-order valence-corrected chi connectivity index (χ1v) is 7.99. The number of hydrogen-bond donors (Lipinski definition) is 3. The lowest BCUT2D eigenvalue weighted by Crippen LogP contribution is -2.70. The van der Waals surface area contributed by atoms with E-state index in [1.807, 2.05) is 0 Å². The molecule has 4 bridgehead atoms. The number of carbonyl (C=O) groups is 4. The Morgan fingerprint density at radius 1 is 0.760 bits per heavy atom. The largest absolute Gasteiger partial charge is 0.481 e. The van der Waals surface area contributed by atoms with Crippen molar-refractivity contribution in [2.24, 2.45) is 16.2 Å². The Balaban J connectivity index is 2.17. The highest BCUT2D eigenvalue weighted by Crippen LogP contribution is 2.72. The van der Waals surface area contributed by atoms with E-state index in [9.17, 15) is 34.5 Å². The topological polar surface area (TPSA) is 138 Å². The minimum atomic E-state index is -1.53. The molecule has 0 heterocycles. The van der Waals surface area contributed by atoms with E-state index in [0.29, 0.717) is 0 Å². The minimum Gasteiger partial charge on any atom is -0.481 e. The summed E-state index contributed by atoms with van der Waals surface area (Å²) >= 11 is 0. The summed E-state index contributed by atoms with van der Waals surface area (Å²) in [7, 11) is 0. The minimum absolute atomic E-state index is 0.0710. The van der Waals surface area contributed by atoms with Crippen LogP contribution in [0.2, 0.25) is 0 Å². The summed E-state index contributed by atoms with van der Waals surface area (Å²) in [4.78, 5) is 48.1. The van der Waals surface area contributed by atoms with Crippen molar-refractivity contribution in [2.45, 2.75) is 51.0 Å². The van der Waals surface area contributed by atoms with Crippen LogP contribution in [0.25, 0.3) is 0 Å². The van der Waals surface area contributed by atoms with Crippen LogP contribution in [-0.4, -0.2) is 44.8 Å². The first-order chi connectivity index (χ1) is 11.4. The molecule has 4 fully saturated rings. The van der Waals surface area contributed by atoms with Gasteiger partial charge in [0.15, 0.2) is 0 Å². The quantitative estimate of drug-likeness (QED) is 0.499. The Bertz CT molecular complexity index is 638. The molecule has 136 valence electrons. The second kappa shape index (κ2) is 4.83. The van der Waals surface area contributed by atoms with Crippen molar-refractivity contribution in [1.29, 1.82) is 0 Å². The molecule has 3 N–H and O–H groups in total. The van der Waals surface area contributed by atoms with E-state index in [1.165, 1.54) is 6.92 Å². The Hall–Kier alpha value is -2.38. The fourth-order valence-electron chi connectivity index (χ4n) is 5.62. The standard InChI is InChI=1S/C17H20O8/c1-9(2)10(18)25-17-6-14(11(19)20)3-15(7-17,12(21)22)5-16(4-14,8-17)13(23)24/h1,3-8H2,2H3,(H,19,20)(H,21,22)(H,23,24). The molecular weight excluding hydrogens is 332 g/mol. The van der Waals surface area contributed by atoms with Crippen molar-refractivity contribution in [2.75, 3.05) is 0 Å². The highest BCUT2D eigenvalue weighted by Gasteiger charge is 2.76. The summed E-state index contributed by atoms with van der Waals surface area (Å²) in [5.41, 5.74) is -5.91. The molecule has 0 aromatic rings. The van der Waals surface area contributed by atoms with E-state index in [1.54, 1.807) is 0 Å². The second-order valence-corrected chi connectivity index (χ2v) is 8.17. The number of rotatable bonds is 5. The highest BCUT2D eigenvalue weighted by molar-refractivity contribution is 5.89. The van der Waals surface area contributed by atoms with Gasteiger partial charge in [0.2, 0.25) is 0 Å². The number of aliphatic carboxylic acids is 3. The molecule has 4 aliphatic carbocycles. The summed E-state index contributed by atoms with van der Waals surface area (Å²) in [5, 5.41) is 29.4. The van der Waals surface area contributed by atoms with Gasteiger partial charge in [-0.3, -0.25) is 14.4 Å². The third-order valence-corrected chi connectivity index (χ3v) is 6.03. The van der Waals surface area contributed by atoms with Gasteiger partial charge < -0.3 is 20.1 Å². The van der Waals surface area contributed by atoms with Crippen molar-refractivity contribution in [3.05, 3.63) is 12.2 Å². The Labute approximate surface area is 143 Å². The average Bonchev–Trinajstić information content (AvgIpc) is 2.44. The monoisotopic (exact) mass is 352 g/mol. The molecule has 0 atom stereocenters. The predicted octanol–water partition coefficient (Wildman–Crippen LogP) is 1.44. The van der Waals surface area contributed by atoms with E-state index in [-0.39, 0.29) is 44.1 Å². The Kier molecular flexibility index (Phi) is 3.37. The molecule has 8 nitrogen and oxygen atoms in total. The SMILES string of the molecule is C=C(C)C(=O)OC12CC3(C(=O)O)CC(C(=O)O)(C1)CC(C(=O)O)(C2)C3. The molecule has 0 saturated heterocycles. The summed E-state index contributed by atoms with van der Waals surface area (Å²) in [5.74, 6) is -4.47. The lowest BCUT2D eigenvalue weighted by molar-refractivity contribution is -0.251. The summed E-state index contributed by atoms with van der Waals surface area (Å²) < 4.78 is 5.51. The van der Waals surface area contributed by atoms with Crippen LogP contribution >= 0.6 is 0 Å². The van der Waals surface area contributed by atoms with Gasteiger partial charge in [-0.25, -0.2) is 4.79 Å². The molecule has 4 rings (SSSR count). The molecule has 0 aliphatic heterocycles. The van der Waals surface area contributed by atoms with E-state index in [2.05, 4.69) is 6.58 Å². The van der Waals surface area contributed by atoms with Crippen LogP contribution in [0, 0.1) is 16.2 Å². The third kappa shape index (κ3) is 2.26. The maximum Gasteiger partial charge on any atom is 0.333 e. The van der Waals surface area contributed by atoms with Crippen LogP contribution in [0.15, 0.2) is 12.2 Å². The van der Waals surface area contributed by atoms with Gasteiger partial charge in [0, 0.05) is 24.8 Å². The van der Waals surface area contributed by atoms with Crippen molar-refractivity contribution in [3.8, 4) is 0 Å². The number of ether oxygens (including phenoxy) is 1. The van der Waals surface area contributed by atoms with Crippen LogP contribution in [0.3, 0.4) is 0 Å². The van der Waals surface area contributed by atoms with Gasteiger partial charge in [-0.05, 0) is 26.2 Å². The van der Waals surface area contributed by atoms with Crippen molar-refractivity contribution < 1.29 is 39.2 Å². The molecule has 0 radical (unpaired) electrons. The molecule has 0 amide bonds. The second-order valence-electron chi connectivity index (χ2n) is 8.17. The molecule has 0 spiro atoms. The van der Waals surface area contributed by atoms with Gasteiger partial charge in [-0.2, -0.15) is 0 Å². The molecule has 0 unspecified atom stereocenters. The normalized spacial score (nSPS) is 41.2. The zero-order chi connectivity index (χ0) is 18.8. The molecule has 25 heavy (non-hydrogen) atoms. The maximum absolute atomic E-state index is 12.1. The van der Waals surface area contributed by atoms with Gasteiger partial charge in [-0.15, -0.1) is 0 Å². The Morgan fingerprint density at radius 3 is 1.32 bits per heavy atom. The first kappa shape index (κ1) is 17.4. The molecule has 8 heteroatoms. The van der Waals surface area contributed by atoms with Crippen molar-refractivity contribution in [3.63, 3.8) is 0 Å². The number of carbonyl (C=O) groups excluding carboxylic acids is 1. The lowest BCUT2D eigenvalue weighted by Gasteiger charge is -2.65. The van der Waals surface area contributed by atoms with Gasteiger partial charge in [0.05, 0.1) is 16.2 Å². The molecule has 0 aromatic carbocycles. The number of esters is 1. The summed E-state index contributed by atoms with van der Waals surface area (Å²) in [6, 6.07) is 0. The zero-order valence-electron chi connectivity index (χ0n) is 13.8. The van der Waals surface area contributed by atoms with Gasteiger partial charge >= 0.3 is 23.9 Å².